The van der Waals surface area contributed by atoms with E-state index in [1.165, 1.54) is 38.5 Å². The molecule has 1 saturated heterocycles. The summed E-state index contributed by atoms with van der Waals surface area (Å²) in [4.78, 5) is 13.1. The first kappa shape index (κ1) is 9.81. The molecule has 0 aromatic carbocycles. The quantitative estimate of drug-likeness (QED) is 0.678. The van der Waals surface area contributed by atoms with Crippen LogP contribution in [-0.2, 0) is 0 Å². The summed E-state index contributed by atoms with van der Waals surface area (Å²) >= 11 is 0. The van der Waals surface area contributed by atoms with Crippen molar-refractivity contribution in [2.75, 3.05) is 19.6 Å². The highest BCUT2D eigenvalue weighted by Crippen LogP contribution is 2.26. The Bertz CT molecular complexity index is 199. The van der Waals surface area contributed by atoms with Gasteiger partial charge < -0.3 is 4.90 Å². The van der Waals surface area contributed by atoms with Gasteiger partial charge in [-0.2, -0.15) is 0 Å². The Kier molecular flexibility index (Phi) is 3.27. The van der Waals surface area contributed by atoms with Crippen LogP contribution in [0.5, 0.6) is 0 Å². The van der Waals surface area contributed by atoms with Crippen LogP contribution in [0.1, 0.15) is 38.5 Å². The summed E-state index contributed by atoms with van der Waals surface area (Å²) in [6, 6.07) is 0.0146. The van der Waals surface area contributed by atoms with Crippen molar-refractivity contribution < 1.29 is 4.79 Å². The number of hydrogen-bond acceptors (Lipinski definition) is 1. The summed E-state index contributed by atoms with van der Waals surface area (Å²) in [5, 5.41) is 3.87. The average Bonchev–Trinajstić information content (AvgIpc) is 2.63. The van der Waals surface area contributed by atoms with Gasteiger partial charge in [-0.1, -0.05) is 32.1 Å². The Labute approximate surface area is 85.8 Å². The van der Waals surface area contributed by atoms with E-state index in [1.54, 1.807) is 0 Å². The van der Waals surface area contributed by atoms with Crippen LogP contribution in [0.2, 0.25) is 0 Å². The number of carbonyl (C=O) groups excluding carboxylic acids is 1. The molecule has 1 aliphatic heterocycles. The standard InChI is InChI=1S/C11H19N2O/c14-11-12-7-9-13(11)8-6-10-4-2-1-3-5-10/h10H,1-9H2. The Hall–Kier alpha value is -0.730. The predicted molar refractivity (Wildman–Crippen MR) is 55.2 cm³/mol. The highest BCUT2D eigenvalue weighted by molar-refractivity contribution is 5.75. The van der Waals surface area contributed by atoms with Crippen LogP contribution in [0.15, 0.2) is 0 Å². The van der Waals surface area contributed by atoms with Gasteiger partial charge in [-0.05, 0) is 12.3 Å². The second-order valence-electron chi connectivity index (χ2n) is 4.44. The van der Waals surface area contributed by atoms with Crippen molar-refractivity contribution in [3.8, 4) is 0 Å². The summed E-state index contributed by atoms with van der Waals surface area (Å²) in [6.45, 7) is 2.50. The van der Waals surface area contributed by atoms with E-state index >= 15 is 0 Å². The zero-order valence-electron chi connectivity index (χ0n) is 8.74. The summed E-state index contributed by atoms with van der Waals surface area (Å²) in [5.74, 6) is 0.872. The first-order chi connectivity index (χ1) is 6.86. The Morgan fingerprint density at radius 2 is 2.07 bits per heavy atom. The van der Waals surface area contributed by atoms with E-state index < -0.39 is 0 Å². The van der Waals surface area contributed by atoms with Crippen LogP contribution in [0.4, 0.5) is 4.79 Å². The molecule has 79 valence electrons. The molecule has 0 N–H and O–H groups in total. The minimum atomic E-state index is 0.0146. The van der Waals surface area contributed by atoms with Crippen LogP contribution in [-0.4, -0.2) is 30.6 Å². The number of hydrogen-bond donors (Lipinski definition) is 0. The molecule has 1 radical (unpaired) electrons. The fourth-order valence-corrected chi connectivity index (χ4v) is 2.48. The van der Waals surface area contributed by atoms with Gasteiger partial charge >= 0.3 is 6.03 Å². The van der Waals surface area contributed by atoms with Gasteiger partial charge in [-0.15, -0.1) is 0 Å². The molecule has 0 atom stereocenters. The molecule has 0 spiro atoms. The van der Waals surface area contributed by atoms with Crippen molar-refractivity contribution in [1.82, 2.24) is 10.2 Å². The molecule has 2 amide bonds. The normalized spacial score (nSPS) is 24.0. The van der Waals surface area contributed by atoms with Gasteiger partial charge in [0.2, 0.25) is 0 Å². The lowest BCUT2D eigenvalue weighted by atomic mass is 9.87. The molecule has 14 heavy (non-hydrogen) atoms. The van der Waals surface area contributed by atoms with Gasteiger partial charge in [0.25, 0.3) is 0 Å². The lowest BCUT2D eigenvalue weighted by Crippen LogP contribution is -2.28. The molecular formula is C11H19N2O. The van der Waals surface area contributed by atoms with Gasteiger partial charge in [-0.3, -0.25) is 0 Å². The first-order valence-corrected chi connectivity index (χ1v) is 5.82. The second kappa shape index (κ2) is 4.67. The molecule has 0 unspecified atom stereocenters. The van der Waals surface area contributed by atoms with E-state index in [9.17, 15) is 4.79 Å². The number of urea groups is 1. The minimum Gasteiger partial charge on any atom is -0.321 e. The maximum Gasteiger partial charge on any atom is 0.339 e. The molecule has 1 heterocycles. The van der Waals surface area contributed by atoms with Crippen LogP contribution >= 0.6 is 0 Å². The molecule has 2 aliphatic rings. The van der Waals surface area contributed by atoms with E-state index in [-0.39, 0.29) is 6.03 Å². The Morgan fingerprint density at radius 1 is 1.29 bits per heavy atom. The van der Waals surface area contributed by atoms with Crippen molar-refractivity contribution in [3.63, 3.8) is 0 Å². The van der Waals surface area contributed by atoms with Crippen LogP contribution in [0.25, 0.3) is 0 Å². The monoisotopic (exact) mass is 195 g/mol. The lowest BCUT2D eigenvalue weighted by molar-refractivity contribution is 0.209. The van der Waals surface area contributed by atoms with E-state index in [0.29, 0.717) is 6.54 Å². The third-order valence-electron chi connectivity index (χ3n) is 3.42. The van der Waals surface area contributed by atoms with Crippen LogP contribution < -0.4 is 5.32 Å². The summed E-state index contributed by atoms with van der Waals surface area (Å²) in [6.07, 6.45) is 8.14. The molecule has 0 aromatic rings. The van der Waals surface area contributed by atoms with E-state index in [4.69, 9.17) is 0 Å². The Morgan fingerprint density at radius 3 is 2.71 bits per heavy atom. The smallest absolute Gasteiger partial charge is 0.321 e. The van der Waals surface area contributed by atoms with Crippen molar-refractivity contribution in [3.05, 3.63) is 0 Å². The van der Waals surface area contributed by atoms with Crippen molar-refractivity contribution in [1.29, 1.82) is 0 Å². The highest BCUT2D eigenvalue weighted by atomic mass is 16.2. The van der Waals surface area contributed by atoms with E-state index in [2.05, 4.69) is 5.32 Å². The average molecular weight is 195 g/mol. The topological polar surface area (TPSA) is 34.4 Å². The number of carbonyl (C=O) groups is 1. The Balaban J connectivity index is 1.68. The zero-order valence-corrected chi connectivity index (χ0v) is 8.74. The molecule has 3 nitrogen and oxygen atoms in total. The van der Waals surface area contributed by atoms with Gasteiger partial charge in [0.1, 0.15) is 0 Å². The number of amides is 2. The number of rotatable bonds is 3. The third kappa shape index (κ3) is 2.40. The molecule has 0 aromatic heterocycles. The largest absolute Gasteiger partial charge is 0.339 e. The molecule has 0 bridgehead atoms. The first-order valence-electron chi connectivity index (χ1n) is 5.82. The summed E-state index contributed by atoms with van der Waals surface area (Å²) in [5.41, 5.74) is 0. The van der Waals surface area contributed by atoms with E-state index in [0.717, 1.165) is 19.0 Å². The zero-order chi connectivity index (χ0) is 9.80. The maximum absolute atomic E-state index is 11.2. The summed E-state index contributed by atoms with van der Waals surface area (Å²) < 4.78 is 0. The summed E-state index contributed by atoms with van der Waals surface area (Å²) in [7, 11) is 0. The lowest BCUT2D eigenvalue weighted by Gasteiger charge is -2.23. The second-order valence-corrected chi connectivity index (χ2v) is 4.44. The van der Waals surface area contributed by atoms with Crippen molar-refractivity contribution >= 4 is 6.03 Å². The SMILES string of the molecule is O=C1[N]CCN1CCC1CCCCC1. The molecule has 2 rings (SSSR count). The van der Waals surface area contributed by atoms with Crippen LogP contribution in [0.3, 0.4) is 0 Å². The molecular weight excluding hydrogens is 176 g/mol. The molecule has 1 aliphatic carbocycles. The van der Waals surface area contributed by atoms with Crippen molar-refractivity contribution in [2.45, 2.75) is 38.5 Å². The molecule has 3 heteroatoms. The highest BCUT2D eigenvalue weighted by Gasteiger charge is 2.22. The third-order valence-corrected chi connectivity index (χ3v) is 3.42. The fraction of sp³-hybridized carbons (Fsp3) is 0.909. The van der Waals surface area contributed by atoms with E-state index in [1.807, 2.05) is 4.90 Å². The van der Waals surface area contributed by atoms with Gasteiger partial charge in [0, 0.05) is 13.1 Å². The van der Waals surface area contributed by atoms with Gasteiger partial charge in [0.05, 0.1) is 6.54 Å². The maximum atomic E-state index is 11.2. The molecule has 2 fully saturated rings. The predicted octanol–water partition coefficient (Wildman–Crippen LogP) is 2.00. The fourth-order valence-electron chi connectivity index (χ4n) is 2.48. The minimum absolute atomic E-state index is 0.0146. The van der Waals surface area contributed by atoms with Gasteiger partial charge in [0.15, 0.2) is 0 Å². The molecule has 1 saturated carbocycles. The van der Waals surface area contributed by atoms with Crippen molar-refractivity contribution in [2.24, 2.45) is 5.92 Å². The number of nitrogens with zero attached hydrogens (tertiary/aromatic N) is 2. The van der Waals surface area contributed by atoms with Gasteiger partial charge in [-0.25, -0.2) is 10.1 Å². The van der Waals surface area contributed by atoms with Crippen LogP contribution in [0, 0.1) is 5.92 Å².